The van der Waals surface area contributed by atoms with Gasteiger partial charge in [0.2, 0.25) is 0 Å². The van der Waals surface area contributed by atoms with Gasteiger partial charge in [-0.05, 0) is 17.7 Å². The van der Waals surface area contributed by atoms with Crippen LogP contribution in [0.3, 0.4) is 0 Å². The Morgan fingerprint density at radius 2 is 1.79 bits per heavy atom. The molecule has 0 bridgehead atoms. The average Bonchev–Trinajstić information content (AvgIpc) is 2.43. The van der Waals surface area contributed by atoms with Crippen LogP contribution in [0.25, 0.3) is 0 Å². The predicted octanol–water partition coefficient (Wildman–Crippen LogP) is 3.98. The molecule has 0 spiro atoms. The van der Waals surface area contributed by atoms with E-state index in [-0.39, 0.29) is 10.9 Å². The van der Waals surface area contributed by atoms with E-state index < -0.39 is 0 Å². The smallest absolute Gasteiger partial charge is 0.252 e. The third-order valence-electron chi connectivity index (χ3n) is 2.60. The number of nitrogens with one attached hydrogen (secondary N) is 1. The molecule has 2 rings (SSSR count). The van der Waals surface area contributed by atoms with Crippen molar-refractivity contribution in [2.75, 3.05) is 6.54 Å². The minimum absolute atomic E-state index is 0.236. The van der Waals surface area contributed by atoms with Crippen molar-refractivity contribution < 1.29 is 4.79 Å². The second kappa shape index (κ2) is 6.60. The Bertz CT molecular complexity index is 570. The summed E-state index contributed by atoms with van der Waals surface area (Å²) in [7, 11) is 0. The minimum Gasteiger partial charge on any atom is -0.351 e. The molecule has 0 atom stereocenters. The number of carbonyl (C=O) groups is 1. The molecule has 0 fully saturated rings. The summed E-state index contributed by atoms with van der Waals surface area (Å²) in [5.41, 5.74) is 1.44. The minimum atomic E-state index is -0.236. The standard InChI is InChI=1S/C15H12Cl2NO/c16-13-8-4-7-12(14(13)17)15(19)18-10-9-11-5-2-1-3-6-11/h1-9H,10H2,(H,18,19). The molecule has 19 heavy (non-hydrogen) atoms. The highest BCUT2D eigenvalue weighted by atomic mass is 35.5. The first-order valence-electron chi connectivity index (χ1n) is 5.79. The molecule has 0 aliphatic heterocycles. The van der Waals surface area contributed by atoms with Crippen LogP contribution in [0.15, 0.2) is 48.5 Å². The van der Waals surface area contributed by atoms with Gasteiger partial charge in [0.25, 0.3) is 5.91 Å². The fraction of sp³-hybridized carbons (Fsp3) is 0.0667. The fourth-order valence-electron chi connectivity index (χ4n) is 1.63. The summed E-state index contributed by atoms with van der Waals surface area (Å²) in [4.78, 5) is 11.9. The Kier molecular flexibility index (Phi) is 4.83. The number of carbonyl (C=O) groups excluding carboxylic acids is 1. The second-order valence-corrected chi connectivity index (χ2v) is 4.71. The molecule has 0 saturated heterocycles. The molecule has 0 saturated carbocycles. The molecule has 0 heterocycles. The third-order valence-corrected chi connectivity index (χ3v) is 3.42. The molecule has 0 aromatic heterocycles. The van der Waals surface area contributed by atoms with E-state index >= 15 is 0 Å². The first-order chi connectivity index (χ1) is 9.18. The Hall–Kier alpha value is -1.51. The van der Waals surface area contributed by atoms with Crippen molar-refractivity contribution in [3.8, 4) is 0 Å². The van der Waals surface area contributed by atoms with E-state index in [4.69, 9.17) is 23.2 Å². The van der Waals surface area contributed by atoms with Crippen LogP contribution in [0.5, 0.6) is 0 Å². The van der Waals surface area contributed by atoms with Crippen LogP contribution in [-0.2, 0) is 0 Å². The summed E-state index contributed by atoms with van der Waals surface area (Å²) < 4.78 is 0. The van der Waals surface area contributed by atoms with Crippen molar-refractivity contribution >= 4 is 29.1 Å². The van der Waals surface area contributed by atoms with E-state index in [1.165, 1.54) is 0 Å². The molecule has 0 aliphatic carbocycles. The summed E-state index contributed by atoms with van der Waals surface area (Å²) >= 11 is 11.8. The number of benzene rings is 2. The van der Waals surface area contributed by atoms with Crippen molar-refractivity contribution in [2.24, 2.45) is 0 Å². The molecule has 0 unspecified atom stereocenters. The molecule has 0 aliphatic rings. The number of hydrogen-bond donors (Lipinski definition) is 1. The van der Waals surface area contributed by atoms with Crippen LogP contribution in [-0.4, -0.2) is 12.5 Å². The maximum absolute atomic E-state index is 11.9. The normalized spacial score (nSPS) is 10.2. The van der Waals surface area contributed by atoms with Gasteiger partial charge >= 0.3 is 0 Å². The number of rotatable bonds is 4. The van der Waals surface area contributed by atoms with Crippen LogP contribution in [0.1, 0.15) is 15.9 Å². The molecular weight excluding hydrogens is 281 g/mol. The van der Waals surface area contributed by atoms with E-state index in [9.17, 15) is 4.79 Å². The largest absolute Gasteiger partial charge is 0.351 e. The van der Waals surface area contributed by atoms with Gasteiger partial charge in [-0.2, -0.15) is 0 Å². The lowest BCUT2D eigenvalue weighted by Gasteiger charge is -2.07. The van der Waals surface area contributed by atoms with Gasteiger partial charge in [-0.25, -0.2) is 0 Å². The van der Waals surface area contributed by atoms with E-state index in [1.54, 1.807) is 18.2 Å². The van der Waals surface area contributed by atoms with Crippen LogP contribution >= 0.6 is 23.2 Å². The third kappa shape index (κ3) is 3.72. The SMILES string of the molecule is O=C(NC[CH]c1ccccc1)c1cccc(Cl)c1Cl. The van der Waals surface area contributed by atoms with Gasteiger partial charge in [-0.1, -0.05) is 59.6 Å². The molecule has 1 radical (unpaired) electrons. The van der Waals surface area contributed by atoms with Crippen LogP contribution in [0.2, 0.25) is 10.0 Å². The van der Waals surface area contributed by atoms with Gasteiger partial charge in [0.1, 0.15) is 0 Å². The van der Waals surface area contributed by atoms with Crippen molar-refractivity contribution in [3.63, 3.8) is 0 Å². The maximum atomic E-state index is 11.9. The van der Waals surface area contributed by atoms with Gasteiger partial charge in [0, 0.05) is 13.0 Å². The lowest BCUT2D eigenvalue weighted by atomic mass is 10.1. The zero-order valence-corrected chi connectivity index (χ0v) is 11.6. The molecule has 2 aromatic carbocycles. The van der Waals surface area contributed by atoms with Gasteiger partial charge in [-0.3, -0.25) is 4.79 Å². The van der Waals surface area contributed by atoms with Crippen LogP contribution in [0, 0.1) is 6.42 Å². The number of amides is 1. The summed E-state index contributed by atoms with van der Waals surface area (Å²) in [6.07, 6.45) is 1.93. The number of hydrogen-bond acceptors (Lipinski definition) is 1. The molecule has 2 nitrogen and oxygen atoms in total. The van der Waals surface area contributed by atoms with Crippen molar-refractivity contribution in [2.45, 2.75) is 0 Å². The van der Waals surface area contributed by atoms with E-state index in [0.29, 0.717) is 17.1 Å². The monoisotopic (exact) mass is 292 g/mol. The quantitative estimate of drug-likeness (QED) is 0.907. The van der Waals surface area contributed by atoms with Gasteiger partial charge in [0.15, 0.2) is 0 Å². The molecule has 97 valence electrons. The summed E-state index contributed by atoms with van der Waals surface area (Å²) in [5, 5.41) is 3.43. The van der Waals surface area contributed by atoms with Gasteiger partial charge in [0.05, 0.1) is 15.6 Å². The van der Waals surface area contributed by atoms with E-state index in [0.717, 1.165) is 5.56 Å². The lowest BCUT2D eigenvalue weighted by molar-refractivity contribution is 0.0957. The molecular formula is C15H12Cl2NO. The zero-order valence-electron chi connectivity index (χ0n) is 10.1. The van der Waals surface area contributed by atoms with Crippen LogP contribution < -0.4 is 5.32 Å². The maximum Gasteiger partial charge on any atom is 0.252 e. The Balaban J connectivity index is 1.93. The van der Waals surface area contributed by atoms with E-state index in [2.05, 4.69) is 5.32 Å². The predicted molar refractivity (Wildman–Crippen MR) is 78.6 cm³/mol. The van der Waals surface area contributed by atoms with Crippen molar-refractivity contribution in [1.82, 2.24) is 5.32 Å². The van der Waals surface area contributed by atoms with Crippen molar-refractivity contribution in [1.29, 1.82) is 0 Å². The Morgan fingerprint density at radius 3 is 2.53 bits per heavy atom. The summed E-state index contributed by atoms with van der Waals surface area (Å²) in [6.45, 7) is 0.436. The summed E-state index contributed by atoms with van der Waals surface area (Å²) in [6, 6.07) is 14.8. The highest BCUT2D eigenvalue weighted by Gasteiger charge is 2.11. The van der Waals surface area contributed by atoms with E-state index in [1.807, 2.05) is 36.8 Å². The Morgan fingerprint density at radius 1 is 1.05 bits per heavy atom. The summed E-state index contributed by atoms with van der Waals surface area (Å²) in [5.74, 6) is -0.236. The second-order valence-electron chi connectivity index (χ2n) is 3.93. The molecule has 4 heteroatoms. The fourth-order valence-corrected chi connectivity index (χ4v) is 2.01. The van der Waals surface area contributed by atoms with Crippen molar-refractivity contribution in [3.05, 3.63) is 76.1 Å². The van der Waals surface area contributed by atoms with Gasteiger partial charge < -0.3 is 5.32 Å². The lowest BCUT2D eigenvalue weighted by Crippen LogP contribution is -2.25. The molecule has 1 amide bonds. The van der Waals surface area contributed by atoms with Gasteiger partial charge in [-0.15, -0.1) is 0 Å². The first kappa shape index (κ1) is 13.9. The number of halogens is 2. The Labute approximate surface area is 122 Å². The molecule has 2 aromatic rings. The molecule has 1 N–H and O–H groups in total. The topological polar surface area (TPSA) is 29.1 Å². The average molecular weight is 293 g/mol. The highest BCUT2D eigenvalue weighted by molar-refractivity contribution is 6.43. The highest BCUT2D eigenvalue weighted by Crippen LogP contribution is 2.25. The first-order valence-corrected chi connectivity index (χ1v) is 6.54. The van der Waals surface area contributed by atoms with Crippen LogP contribution in [0.4, 0.5) is 0 Å². The zero-order chi connectivity index (χ0) is 13.7.